The minimum absolute atomic E-state index is 0.0385. The van der Waals surface area contributed by atoms with Gasteiger partial charge in [-0.25, -0.2) is 10.1 Å². The molecule has 0 saturated heterocycles. The van der Waals surface area contributed by atoms with E-state index in [0.717, 1.165) is 21.0 Å². The van der Waals surface area contributed by atoms with Gasteiger partial charge in [-0.15, -0.1) is 11.3 Å². The molecule has 1 aliphatic heterocycles. The third-order valence-corrected chi connectivity index (χ3v) is 9.25. The molecule has 1 aliphatic carbocycles. The number of para-hydroxylation sites is 1. The van der Waals surface area contributed by atoms with Crippen LogP contribution in [0.4, 0.5) is 16.4 Å². The number of nitriles is 1. The molecule has 42 heavy (non-hydrogen) atoms. The third kappa shape index (κ3) is 4.07. The van der Waals surface area contributed by atoms with Crippen LogP contribution in [0.5, 0.6) is 0 Å². The number of rotatable bonds is 3. The first kappa shape index (κ1) is 27.3. The van der Waals surface area contributed by atoms with Crippen LogP contribution in [0, 0.1) is 38.7 Å². The summed E-state index contributed by atoms with van der Waals surface area (Å²) in [6.45, 7) is 18.8. The number of hydrogen-bond donors (Lipinski definition) is 0. The third-order valence-electron chi connectivity index (χ3n) is 8.18. The Morgan fingerprint density at radius 3 is 2.33 bits per heavy atom. The summed E-state index contributed by atoms with van der Waals surface area (Å²) in [7, 11) is 1.52. The number of aryl methyl sites for hydroxylation is 3. The number of oxime groups is 1. The SMILES string of the molecule is [C-]#[N+]\C(C#N)=C1C(=C/c2cc3c(s2)N(c2c(C)cc(C)cc2C)c2ccccc2C3(C)C)/C(=N/OC)c2ccccc2/1. The molecule has 5 nitrogen and oxygen atoms in total. The fourth-order valence-corrected chi connectivity index (χ4v) is 7.75. The van der Waals surface area contributed by atoms with E-state index in [1.807, 2.05) is 24.3 Å². The van der Waals surface area contributed by atoms with Gasteiger partial charge in [0, 0.05) is 27.0 Å². The van der Waals surface area contributed by atoms with Crippen LogP contribution in [0.3, 0.4) is 0 Å². The van der Waals surface area contributed by atoms with E-state index in [1.54, 1.807) is 11.3 Å². The molecule has 3 aromatic carbocycles. The second kappa shape index (κ2) is 10.2. The lowest BCUT2D eigenvalue weighted by Gasteiger charge is -2.41. The van der Waals surface area contributed by atoms with E-state index in [4.69, 9.17) is 11.4 Å². The van der Waals surface area contributed by atoms with E-state index < -0.39 is 0 Å². The van der Waals surface area contributed by atoms with Gasteiger partial charge in [0.2, 0.25) is 0 Å². The van der Waals surface area contributed by atoms with Crippen LogP contribution >= 0.6 is 11.3 Å². The van der Waals surface area contributed by atoms with Crippen LogP contribution in [0.15, 0.2) is 83.2 Å². The van der Waals surface area contributed by atoms with Gasteiger partial charge in [0.05, 0.1) is 24.0 Å². The molecule has 1 aromatic heterocycles. The summed E-state index contributed by atoms with van der Waals surface area (Å²) in [5.74, 6) is 0. The lowest BCUT2D eigenvalue weighted by Crippen LogP contribution is -2.29. The standard InChI is InChI=1S/C36H30N4OS/c1-21-16-22(2)34(23(3)17-21)40-31-15-11-10-14-28(31)36(4,5)29-19-24(42-35(29)40)18-27-32(30(20-37)38-6)25-12-8-9-13-26(25)33(27)39-41-7/h8-19H,1-5,7H3/b27-18-,32-30-,39-33+. The monoisotopic (exact) mass is 566 g/mol. The van der Waals surface area contributed by atoms with Crippen LogP contribution in [0.1, 0.15) is 57.7 Å². The van der Waals surface area contributed by atoms with Crippen molar-refractivity contribution < 1.29 is 4.84 Å². The molecule has 0 saturated carbocycles. The Morgan fingerprint density at radius 1 is 1.00 bits per heavy atom. The zero-order valence-corrected chi connectivity index (χ0v) is 25.4. The predicted octanol–water partition coefficient (Wildman–Crippen LogP) is 9.38. The lowest BCUT2D eigenvalue weighted by molar-refractivity contribution is 0.214. The highest BCUT2D eigenvalue weighted by Gasteiger charge is 2.39. The molecule has 0 bridgehead atoms. The molecule has 0 atom stereocenters. The van der Waals surface area contributed by atoms with E-state index in [-0.39, 0.29) is 11.1 Å². The minimum atomic E-state index is -0.239. The second-order valence-corrected chi connectivity index (χ2v) is 12.3. The van der Waals surface area contributed by atoms with Crippen LogP contribution in [0.2, 0.25) is 0 Å². The molecule has 6 heteroatoms. The molecule has 6 rings (SSSR count). The van der Waals surface area contributed by atoms with Crippen LogP contribution in [-0.2, 0) is 10.3 Å². The van der Waals surface area contributed by atoms with Crippen LogP contribution in [-0.4, -0.2) is 12.8 Å². The highest BCUT2D eigenvalue weighted by Crippen LogP contribution is 2.56. The number of hydrogen-bond acceptors (Lipinski definition) is 5. The molecule has 0 spiro atoms. The van der Waals surface area contributed by atoms with Gasteiger partial charge in [-0.2, -0.15) is 0 Å². The summed E-state index contributed by atoms with van der Waals surface area (Å²) in [4.78, 5) is 12.3. The van der Waals surface area contributed by atoms with Gasteiger partial charge in [-0.05, 0) is 66.8 Å². The average molecular weight is 567 g/mol. The lowest BCUT2D eigenvalue weighted by atomic mass is 9.75. The maximum absolute atomic E-state index is 9.92. The summed E-state index contributed by atoms with van der Waals surface area (Å²) in [5, 5.41) is 15.5. The highest BCUT2D eigenvalue weighted by atomic mass is 32.1. The summed E-state index contributed by atoms with van der Waals surface area (Å²) in [6, 6.07) is 25.3. The van der Waals surface area contributed by atoms with E-state index in [9.17, 15) is 5.26 Å². The topological polar surface area (TPSA) is 53.0 Å². The fraction of sp³-hybridized carbons (Fsp3) is 0.194. The maximum Gasteiger partial charge on any atom is 0.270 e. The predicted molar refractivity (Wildman–Crippen MR) is 172 cm³/mol. The molecule has 0 N–H and O–H groups in total. The van der Waals surface area contributed by atoms with Crippen molar-refractivity contribution >= 4 is 45.1 Å². The first-order valence-electron chi connectivity index (χ1n) is 13.8. The quantitative estimate of drug-likeness (QED) is 0.141. The first-order chi connectivity index (χ1) is 20.2. The van der Waals surface area contributed by atoms with Crippen LogP contribution < -0.4 is 4.90 Å². The van der Waals surface area contributed by atoms with Crippen molar-refractivity contribution in [2.75, 3.05) is 12.0 Å². The Bertz CT molecular complexity index is 1920. The molecule has 0 unspecified atom stereocenters. The fourth-order valence-electron chi connectivity index (χ4n) is 6.46. The molecule has 0 radical (unpaired) electrons. The largest absolute Gasteiger partial charge is 0.399 e. The van der Waals surface area contributed by atoms with Crippen LogP contribution in [0.25, 0.3) is 16.5 Å². The highest BCUT2D eigenvalue weighted by molar-refractivity contribution is 7.17. The first-order valence-corrected chi connectivity index (χ1v) is 14.6. The normalized spacial score (nSPS) is 17.8. The van der Waals surface area contributed by atoms with Gasteiger partial charge >= 0.3 is 0 Å². The molecular formula is C36H30N4OS. The van der Waals surface area contributed by atoms with Crippen molar-refractivity contribution in [3.05, 3.63) is 133 Å². The van der Waals surface area contributed by atoms with Crippen molar-refractivity contribution in [2.45, 2.75) is 40.0 Å². The van der Waals surface area contributed by atoms with Crippen molar-refractivity contribution in [1.82, 2.24) is 0 Å². The van der Waals surface area contributed by atoms with Gasteiger partial charge in [0.15, 0.2) is 0 Å². The minimum Gasteiger partial charge on any atom is -0.399 e. The Morgan fingerprint density at radius 2 is 1.67 bits per heavy atom. The Kier molecular flexibility index (Phi) is 6.61. The molecule has 0 amide bonds. The van der Waals surface area contributed by atoms with Gasteiger partial charge in [0.25, 0.3) is 5.70 Å². The van der Waals surface area contributed by atoms with Crippen molar-refractivity contribution in [3.8, 4) is 6.07 Å². The summed E-state index contributed by atoms with van der Waals surface area (Å²) < 4.78 is 0. The molecule has 4 aromatic rings. The molecule has 2 aliphatic rings. The Hall–Kier alpha value is -4.91. The smallest absolute Gasteiger partial charge is 0.270 e. The second-order valence-electron chi connectivity index (χ2n) is 11.3. The van der Waals surface area contributed by atoms with Gasteiger partial charge < -0.3 is 9.74 Å². The molecule has 2 heterocycles. The summed E-state index contributed by atoms with van der Waals surface area (Å²) >= 11 is 1.71. The number of fused-ring (bicyclic) bond motifs is 3. The summed E-state index contributed by atoms with van der Waals surface area (Å²) in [6.07, 6.45) is 2.06. The molecular weight excluding hydrogens is 536 g/mol. The number of thiophene rings is 1. The number of anilines is 3. The van der Waals surface area contributed by atoms with E-state index in [1.165, 1.54) is 46.3 Å². The number of benzene rings is 3. The average Bonchev–Trinajstić information content (AvgIpc) is 3.52. The summed E-state index contributed by atoms with van der Waals surface area (Å²) in [5.41, 5.74) is 12.0. The van der Waals surface area contributed by atoms with E-state index in [0.29, 0.717) is 16.9 Å². The molecule has 206 valence electrons. The molecule has 0 fully saturated rings. The van der Waals surface area contributed by atoms with E-state index >= 15 is 0 Å². The van der Waals surface area contributed by atoms with E-state index in [2.05, 4.69) is 104 Å². The van der Waals surface area contributed by atoms with Crippen molar-refractivity contribution in [2.24, 2.45) is 5.16 Å². The Labute approximate surface area is 251 Å². The van der Waals surface area contributed by atoms with Gasteiger partial charge in [0.1, 0.15) is 17.8 Å². The Balaban J connectivity index is 1.63. The number of nitrogens with zero attached hydrogens (tertiary/aromatic N) is 4. The zero-order chi connectivity index (χ0) is 29.8. The van der Waals surface area contributed by atoms with Gasteiger partial charge in [-0.1, -0.05) is 79.2 Å². The zero-order valence-electron chi connectivity index (χ0n) is 24.5. The van der Waals surface area contributed by atoms with Gasteiger partial charge in [-0.3, -0.25) is 0 Å². The van der Waals surface area contributed by atoms with Crippen molar-refractivity contribution in [1.29, 1.82) is 5.26 Å². The van der Waals surface area contributed by atoms with Crippen molar-refractivity contribution in [3.63, 3.8) is 0 Å². The number of allylic oxidation sites excluding steroid dienone is 3. The maximum atomic E-state index is 9.92.